The highest BCUT2D eigenvalue weighted by Gasteiger charge is 2.47. The third-order valence-electron chi connectivity index (χ3n) is 5.63. The van der Waals surface area contributed by atoms with Gasteiger partial charge in [-0.25, -0.2) is 0 Å². The molecule has 5 atom stereocenters. The van der Waals surface area contributed by atoms with Gasteiger partial charge in [-0.05, 0) is 49.5 Å². The van der Waals surface area contributed by atoms with E-state index in [0.29, 0.717) is 24.0 Å². The van der Waals surface area contributed by atoms with Gasteiger partial charge < -0.3 is 14.9 Å². The number of fused-ring (bicyclic) bond motifs is 2. The van der Waals surface area contributed by atoms with Gasteiger partial charge in [-0.1, -0.05) is 54.6 Å². The number of carbonyl (C=O) groups is 1. The Kier molecular flexibility index (Phi) is 6.64. The summed E-state index contributed by atoms with van der Waals surface area (Å²) in [6.45, 7) is 0. The van der Waals surface area contributed by atoms with Crippen molar-refractivity contribution >= 4 is 5.97 Å². The van der Waals surface area contributed by atoms with E-state index in [1.54, 1.807) is 12.2 Å². The first-order valence-electron chi connectivity index (χ1n) is 9.57. The first-order chi connectivity index (χ1) is 12.6. The average molecular weight is 356 g/mol. The zero-order valence-corrected chi connectivity index (χ0v) is 15.0. The highest BCUT2D eigenvalue weighted by molar-refractivity contribution is 5.68. The van der Waals surface area contributed by atoms with Crippen LogP contribution in [0.2, 0.25) is 0 Å². The van der Waals surface area contributed by atoms with Gasteiger partial charge in [0.15, 0.2) is 0 Å². The molecule has 1 aromatic carbocycles. The van der Waals surface area contributed by atoms with Gasteiger partial charge in [0.05, 0.1) is 24.7 Å². The number of ether oxygens (including phenoxy) is 1. The van der Waals surface area contributed by atoms with E-state index in [-0.39, 0.29) is 6.42 Å². The summed E-state index contributed by atoms with van der Waals surface area (Å²) in [5.41, 5.74) is 0.983. The minimum Gasteiger partial charge on any atom is -0.481 e. The highest BCUT2D eigenvalue weighted by Crippen LogP contribution is 2.47. The second kappa shape index (κ2) is 9.15. The first-order valence-corrected chi connectivity index (χ1v) is 9.57. The van der Waals surface area contributed by atoms with Crippen LogP contribution >= 0.6 is 0 Å². The Balaban J connectivity index is 1.51. The number of carboxylic acids is 1. The molecule has 1 aromatic rings. The van der Waals surface area contributed by atoms with E-state index in [0.717, 1.165) is 37.7 Å². The molecule has 140 valence electrons. The monoisotopic (exact) mass is 356 g/mol. The van der Waals surface area contributed by atoms with Crippen molar-refractivity contribution in [2.24, 2.45) is 11.8 Å². The summed E-state index contributed by atoms with van der Waals surface area (Å²) < 4.78 is 6.13. The predicted molar refractivity (Wildman–Crippen MR) is 101 cm³/mol. The van der Waals surface area contributed by atoms with E-state index in [1.165, 1.54) is 0 Å². The maximum Gasteiger partial charge on any atom is 0.307 e. The van der Waals surface area contributed by atoms with Crippen molar-refractivity contribution < 1.29 is 19.7 Å². The summed E-state index contributed by atoms with van der Waals surface area (Å²) >= 11 is 0. The summed E-state index contributed by atoms with van der Waals surface area (Å²) in [6.07, 6.45) is 12.8. The van der Waals surface area contributed by atoms with Gasteiger partial charge in [0, 0.05) is 0 Å². The van der Waals surface area contributed by atoms with Gasteiger partial charge in [0.2, 0.25) is 0 Å². The van der Waals surface area contributed by atoms with Crippen LogP contribution < -0.4 is 0 Å². The highest BCUT2D eigenvalue weighted by atomic mass is 16.5. The van der Waals surface area contributed by atoms with Crippen molar-refractivity contribution in [3.05, 3.63) is 60.2 Å². The number of aliphatic hydroxyl groups excluding tert-OH is 1. The normalized spacial score (nSPS) is 29.0. The fourth-order valence-electron chi connectivity index (χ4n) is 4.35. The topological polar surface area (TPSA) is 66.8 Å². The molecule has 0 aliphatic carbocycles. The van der Waals surface area contributed by atoms with Crippen LogP contribution in [0.1, 0.15) is 50.2 Å². The van der Waals surface area contributed by atoms with E-state index < -0.39 is 12.1 Å². The Morgan fingerprint density at radius 3 is 2.54 bits per heavy atom. The van der Waals surface area contributed by atoms with Crippen LogP contribution in [0.15, 0.2) is 54.6 Å². The molecule has 1 unspecified atom stereocenters. The number of hydrogen-bond acceptors (Lipinski definition) is 3. The Labute approximate surface area is 155 Å². The molecule has 2 heterocycles. The van der Waals surface area contributed by atoms with Gasteiger partial charge >= 0.3 is 5.97 Å². The van der Waals surface area contributed by atoms with Crippen molar-refractivity contribution in [1.29, 1.82) is 0 Å². The molecule has 0 spiro atoms. The molecule has 2 fully saturated rings. The van der Waals surface area contributed by atoms with Gasteiger partial charge in [0.25, 0.3) is 0 Å². The second-order valence-corrected chi connectivity index (χ2v) is 7.31. The lowest BCUT2D eigenvalue weighted by Gasteiger charge is -2.28. The summed E-state index contributed by atoms with van der Waals surface area (Å²) in [4.78, 5) is 10.5. The van der Waals surface area contributed by atoms with Crippen LogP contribution in [-0.2, 0) is 9.53 Å². The number of allylic oxidation sites excluding steroid dienone is 3. The maximum atomic E-state index is 10.5. The largest absolute Gasteiger partial charge is 0.481 e. The molecule has 26 heavy (non-hydrogen) atoms. The Bertz CT molecular complexity index is 637. The smallest absolute Gasteiger partial charge is 0.307 e. The van der Waals surface area contributed by atoms with E-state index in [1.807, 2.05) is 36.4 Å². The van der Waals surface area contributed by atoms with Crippen LogP contribution in [0.25, 0.3) is 0 Å². The predicted octanol–water partition coefficient (Wildman–Crippen LogP) is 4.27. The molecule has 0 radical (unpaired) electrons. The number of aliphatic carboxylic acids is 1. The number of carboxylic acid groups (broad SMARTS) is 1. The van der Waals surface area contributed by atoms with Gasteiger partial charge in [-0.2, -0.15) is 0 Å². The molecule has 0 saturated carbocycles. The summed E-state index contributed by atoms with van der Waals surface area (Å²) in [5, 5.41) is 19.1. The number of hydrogen-bond donors (Lipinski definition) is 2. The molecule has 4 nitrogen and oxygen atoms in total. The number of aliphatic hydroxyl groups is 1. The Morgan fingerprint density at radius 2 is 1.81 bits per heavy atom. The lowest BCUT2D eigenvalue weighted by atomic mass is 9.75. The van der Waals surface area contributed by atoms with Crippen molar-refractivity contribution in [3.8, 4) is 0 Å². The molecule has 2 aliphatic heterocycles. The molecule has 4 heteroatoms. The molecule has 2 N–H and O–H groups in total. The van der Waals surface area contributed by atoms with E-state index in [4.69, 9.17) is 9.84 Å². The Morgan fingerprint density at radius 1 is 1.12 bits per heavy atom. The minimum absolute atomic E-state index is 0.0571. The fourth-order valence-corrected chi connectivity index (χ4v) is 4.35. The van der Waals surface area contributed by atoms with Gasteiger partial charge in [-0.3, -0.25) is 4.79 Å². The Hall–Kier alpha value is -1.91. The molecular weight excluding hydrogens is 328 g/mol. The molecule has 2 saturated heterocycles. The average Bonchev–Trinajstić information content (AvgIpc) is 3.24. The summed E-state index contributed by atoms with van der Waals surface area (Å²) in [6, 6.07) is 9.85. The molecule has 0 amide bonds. The third-order valence-corrected chi connectivity index (χ3v) is 5.63. The molecular formula is C22H28O4. The van der Waals surface area contributed by atoms with Crippen molar-refractivity contribution in [2.45, 2.75) is 56.8 Å². The van der Waals surface area contributed by atoms with Crippen LogP contribution in [0.3, 0.4) is 0 Å². The lowest BCUT2D eigenvalue weighted by Crippen LogP contribution is -2.27. The molecule has 2 bridgehead atoms. The van der Waals surface area contributed by atoms with Crippen LogP contribution in [0.5, 0.6) is 0 Å². The fraction of sp³-hybridized carbons (Fsp3) is 0.500. The third kappa shape index (κ3) is 4.83. The number of rotatable bonds is 9. The maximum absolute atomic E-state index is 10.5. The second-order valence-electron chi connectivity index (χ2n) is 7.31. The van der Waals surface area contributed by atoms with Crippen LogP contribution in [0.4, 0.5) is 0 Å². The zero-order chi connectivity index (χ0) is 18.4. The summed E-state index contributed by atoms with van der Waals surface area (Å²) in [5.74, 6) is 0.189. The van der Waals surface area contributed by atoms with E-state index in [2.05, 4.69) is 6.08 Å². The molecule has 0 aromatic heterocycles. The van der Waals surface area contributed by atoms with Crippen LogP contribution in [0, 0.1) is 11.8 Å². The van der Waals surface area contributed by atoms with Gasteiger partial charge in [-0.15, -0.1) is 0 Å². The lowest BCUT2D eigenvalue weighted by molar-refractivity contribution is -0.136. The minimum atomic E-state index is -0.812. The van der Waals surface area contributed by atoms with Gasteiger partial charge in [0.1, 0.15) is 0 Å². The SMILES string of the molecule is O=C(O)CC=C/C=C\C[C@H]1[C@@H](CCC(O)c2ccccc2)[C@H]2CC[C@@H]1O2. The quantitative estimate of drug-likeness (QED) is 0.649. The molecule has 2 aliphatic rings. The summed E-state index contributed by atoms with van der Waals surface area (Å²) in [7, 11) is 0. The van der Waals surface area contributed by atoms with Crippen LogP contribution in [-0.4, -0.2) is 28.4 Å². The van der Waals surface area contributed by atoms with Crippen molar-refractivity contribution in [1.82, 2.24) is 0 Å². The zero-order valence-electron chi connectivity index (χ0n) is 15.0. The molecule has 3 rings (SSSR count). The van der Waals surface area contributed by atoms with Crippen molar-refractivity contribution in [3.63, 3.8) is 0 Å². The number of benzene rings is 1. The first kappa shape index (κ1) is 18.9. The van der Waals surface area contributed by atoms with E-state index in [9.17, 15) is 9.90 Å². The van der Waals surface area contributed by atoms with Crippen molar-refractivity contribution in [2.75, 3.05) is 0 Å². The standard InChI is InChI=1S/C22H28O4/c23-19(16-8-4-3-5-9-16)13-12-18-17(20-14-15-21(18)26-20)10-6-1-2-7-11-22(24)25/h1-9,17-21,23H,10-15H2,(H,24,25)/b6-1-,7-2?/t17-,18+,19?,20-,21+/m0/s1. The van der Waals surface area contributed by atoms with E-state index >= 15 is 0 Å².